The quantitative estimate of drug-likeness (QED) is 0.893. The van der Waals surface area contributed by atoms with Crippen molar-refractivity contribution in [1.82, 2.24) is 9.62 Å². The van der Waals surface area contributed by atoms with Crippen LogP contribution in [0.15, 0.2) is 16.8 Å². The molecule has 1 saturated heterocycles. The van der Waals surface area contributed by atoms with Gasteiger partial charge in [0.25, 0.3) is 0 Å². The average Bonchev–Trinajstić information content (AvgIpc) is 2.82. The predicted molar refractivity (Wildman–Crippen MR) is 75.2 cm³/mol. The molecule has 6 heteroatoms. The smallest absolute Gasteiger partial charge is 0.214 e. The zero-order valence-corrected chi connectivity index (χ0v) is 12.3. The highest BCUT2D eigenvalue weighted by molar-refractivity contribution is 7.89. The predicted octanol–water partition coefficient (Wildman–Crippen LogP) is 1.51. The Balaban J connectivity index is 1.92. The minimum absolute atomic E-state index is 0.287. The first-order valence-electron chi connectivity index (χ1n) is 6.24. The van der Waals surface area contributed by atoms with E-state index in [0.717, 1.165) is 31.5 Å². The summed E-state index contributed by atoms with van der Waals surface area (Å²) in [5.74, 6) is 0.594. The van der Waals surface area contributed by atoms with Crippen LogP contribution in [0.1, 0.15) is 18.4 Å². The summed E-state index contributed by atoms with van der Waals surface area (Å²) in [7, 11) is -1.45. The molecule has 0 spiro atoms. The van der Waals surface area contributed by atoms with Crippen molar-refractivity contribution in [3.05, 3.63) is 22.4 Å². The maximum Gasteiger partial charge on any atom is 0.214 e. The summed E-state index contributed by atoms with van der Waals surface area (Å²) in [5, 5.41) is 7.23. The van der Waals surface area contributed by atoms with E-state index < -0.39 is 10.0 Å². The van der Waals surface area contributed by atoms with E-state index in [1.54, 1.807) is 18.4 Å². The molecule has 0 bridgehead atoms. The van der Waals surface area contributed by atoms with Gasteiger partial charge in [-0.25, -0.2) is 12.7 Å². The first-order valence-corrected chi connectivity index (χ1v) is 8.79. The molecule has 1 aromatic heterocycles. The van der Waals surface area contributed by atoms with Gasteiger partial charge in [-0.15, -0.1) is 0 Å². The third kappa shape index (κ3) is 3.78. The van der Waals surface area contributed by atoms with E-state index in [9.17, 15) is 8.42 Å². The first-order chi connectivity index (χ1) is 8.58. The summed E-state index contributed by atoms with van der Waals surface area (Å²) in [6.07, 6.45) is 1.93. The molecule has 1 fully saturated rings. The molecule has 2 rings (SSSR count). The van der Waals surface area contributed by atoms with Gasteiger partial charge in [0.15, 0.2) is 0 Å². The fraction of sp³-hybridized carbons (Fsp3) is 0.667. The maximum atomic E-state index is 12.2. The molecule has 4 nitrogen and oxygen atoms in total. The number of sulfonamides is 1. The summed E-state index contributed by atoms with van der Waals surface area (Å²) in [4.78, 5) is 0. The number of nitrogens with zero attached hydrogens (tertiary/aromatic N) is 1. The molecule has 0 aromatic carbocycles. The van der Waals surface area contributed by atoms with Crippen molar-refractivity contribution in [3.63, 3.8) is 0 Å². The van der Waals surface area contributed by atoms with Crippen molar-refractivity contribution in [2.75, 3.05) is 25.9 Å². The van der Waals surface area contributed by atoms with E-state index in [1.807, 2.05) is 16.8 Å². The maximum absolute atomic E-state index is 12.2. The third-order valence-corrected chi connectivity index (χ3v) is 6.07. The van der Waals surface area contributed by atoms with Gasteiger partial charge in [-0.3, -0.25) is 0 Å². The molecule has 2 heterocycles. The molecular weight excluding hydrogens is 268 g/mol. The van der Waals surface area contributed by atoms with E-state index in [-0.39, 0.29) is 5.75 Å². The lowest BCUT2D eigenvalue weighted by atomic mass is 10.0. The van der Waals surface area contributed by atoms with Crippen LogP contribution in [0.25, 0.3) is 0 Å². The summed E-state index contributed by atoms with van der Waals surface area (Å²) >= 11 is 1.60. The fourth-order valence-electron chi connectivity index (χ4n) is 2.21. The average molecular weight is 288 g/mol. The molecule has 0 unspecified atom stereocenters. The van der Waals surface area contributed by atoms with Crippen molar-refractivity contribution >= 4 is 21.4 Å². The molecular formula is C12H20N2O2S2. The second-order valence-corrected chi connectivity index (χ2v) is 7.76. The van der Waals surface area contributed by atoms with Gasteiger partial charge in [0.2, 0.25) is 10.0 Å². The zero-order valence-electron chi connectivity index (χ0n) is 10.6. The Morgan fingerprint density at radius 1 is 1.44 bits per heavy atom. The topological polar surface area (TPSA) is 49.4 Å². The highest BCUT2D eigenvalue weighted by Crippen LogP contribution is 2.18. The molecule has 1 aliphatic rings. The molecule has 1 aromatic rings. The van der Waals surface area contributed by atoms with Crippen molar-refractivity contribution < 1.29 is 8.42 Å². The van der Waals surface area contributed by atoms with Gasteiger partial charge in [0.05, 0.1) is 5.75 Å². The lowest BCUT2D eigenvalue weighted by Gasteiger charge is -2.25. The van der Waals surface area contributed by atoms with E-state index in [1.165, 1.54) is 4.31 Å². The van der Waals surface area contributed by atoms with Gasteiger partial charge >= 0.3 is 0 Å². The number of hydrogen-bond acceptors (Lipinski definition) is 4. The third-order valence-electron chi connectivity index (χ3n) is 3.37. The highest BCUT2D eigenvalue weighted by atomic mass is 32.2. The van der Waals surface area contributed by atoms with Gasteiger partial charge in [0, 0.05) is 13.6 Å². The Kier molecular flexibility index (Phi) is 4.77. The Morgan fingerprint density at radius 3 is 2.78 bits per heavy atom. The highest BCUT2D eigenvalue weighted by Gasteiger charge is 2.24. The van der Waals surface area contributed by atoms with Crippen molar-refractivity contribution in [2.24, 2.45) is 5.92 Å². The minimum Gasteiger partial charge on any atom is -0.317 e. The van der Waals surface area contributed by atoms with Gasteiger partial charge in [-0.1, -0.05) is 0 Å². The molecule has 0 atom stereocenters. The lowest BCUT2D eigenvalue weighted by molar-refractivity contribution is 0.388. The second-order valence-electron chi connectivity index (χ2n) is 4.86. The molecule has 0 aliphatic carbocycles. The monoisotopic (exact) mass is 288 g/mol. The number of nitrogens with one attached hydrogen (secondary N) is 1. The zero-order chi connectivity index (χ0) is 13.0. The Hall–Kier alpha value is -0.430. The van der Waals surface area contributed by atoms with Crippen LogP contribution in [-0.4, -0.2) is 38.6 Å². The molecule has 1 aliphatic heterocycles. The Labute approximate surface area is 113 Å². The first kappa shape index (κ1) is 14.0. The summed E-state index contributed by atoms with van der Waals surface area (Å²) in [6, 6.07) is 1.97. The van der Waals surface area contributed by atoms with E-state index in [2.05, 4.69) is 5.32 Å². The molecule has 0 saturated carbocycles. The van der Waals surface area contributed by atoms with Crippen LogP contribution in [-0.2, 0) is 16.6 Å². The van der Waals surface area contributed by atoms with Gasteiger partial charge in [0.1, 0.15) is 0 Å². The SMILES string of the molecule is CN(Cc1ccsc1)S(=O)(=O)CC1CCNCC1. The lowest BCUT2D eigenvalue weighted by Crippen LogP contribution is -2.36. The van der Waals surface area contributed by atoms with E-state index in [4.69, 9.17) is 0 Å². The van der Waals surface area contributed by atoms with Crippen LogP contribution >= 0.6 is 11.3 Å². The molecule has 102 valence electrons. The summed E-state index contributed by atoms with van der Waals surface area (Å²) in [5.41, 5.74) is 1.07. The standard InChI is InChI=1S/C12H20N2O2S2/c1-14(8-12-4-7-17-9-12)18(15,16)10-11-2-5-13-6-3-11/h4,7,9,11,13H,2-3,5-6,8,10H2,1H3. The largest absolute Gasteiger partial charge is 0.317 e. The van der Waals surface area contributed by atoms with Crippen LogP contribution < -0.4 is 5.32 Å². The van der Waals surface area contributed by atoms with Crippen molar-refractivity contribution in [3.8, 4) is 0 Å². The second kappa shape index (κ2) is 6.14. The van der Waals surface area contributed by atoms with Crippen LogP contribution in [0.4, 0.5) is 0 Å². The van der Waals surface area contributed by atoms with Gasteiger partial charge < -0.3 is 5.32 Å². The fourth-order valence-corrected chi connectivity index (χ4v) is 4.40. The molecule has 0 radical (unpaired) electrons. The Bertz CT molecular complexity index is 450. The van der Waals surface area contributed by atoms with Gasteiger partial charge in [-0.2, -0.15) is 11.3 Å². The van der Waals surface area contributed by atoms with Crippen molar-refractivity contribution in [1.29, 1.82) is 0 Å². The van der Waals surface area contributed by atoms with Crippen LogP contribution in [0.3, 0.4) is 0 Å². The Morgan fingerprint density at radius 2 is 2.17 bits per heavy atom. The van der Waals surface area contributed by atoms with E-state index in [0.29, 0.717) is 12.5 Å². The van der Waals surface area contributed by atoms with Crippen LogP contribution in [0, 0.1) is 5.92 Å². The van der Waals surface area contributed by atoms with Crippen molar-refractivity contribution in [2.45, 2.75) is 19.4 Å². The normalized spacial score (nSPS) is 18.3. The van der Waals surface area contributed by atoms with Gasteiger partial charge in [-0.05, 0) is 54.2 Å². The number of piperidine rings is 1. The molecule has 0 amide bonds. The van der Waals surface area contributed by atoms with Crippen LogP contribution in [0.2, 0.25) is 0 Å². The molecule has 1 N–H and O–H groups in total. The molecule has 18 heavy (non-hydrogen) atoms. The number of rotatable bonds is 5. The minimum atomic E-state index is -3.13. The number of thiophene rings is 1. The number of hydrogen-bond donors (Lipinski definition) is 1. The van der Waals surface area contributed by atoms with E-state index >= 15 is 0 Å². The summed E-state index contributed by atoms with van der Waals surface area (Å²) in [6.45, 7) is 2.36. The summed E-state index contributed by atoms with van der Waals surface area (Å²) < 4.78 is 26.0. The van der Waals surface area contributed by atoms with Crippen LogP contribution in [0.5, 0.6) is 0 Å².